The number of carbonyl (C=O) groups is 1. The van der Waals surface area contributed by atoms with Crippen molar-refractivity contribution in [2.24, 2.45) is 0 Å². The number of H-pyrrole nitrogens is 2. The number of fused-ring (bicyclic) bond motifs is 1. The lowest BCUT2D eigenvalue weighted by Gasteiger charge is -2.18. The standard InChI is InChI=1S/C27H24ClN5O/c1-17-31-27(33-32-17)20-9-12-22-23(16-30-24(22)15-20)26(34)25(19-5-3-2-4-6-19)29-14-13-18-7-10-21(28)11-8-18/h2-12,15-16,25,29-30H,13-14H2,1H3,(H,31,32,33)/t25-/m1/s1. The van der Waals surface area contributed by atoms with Crippen molar-refractivity contribution in [3.8, 4) is 11.4 Å². The van der Waals surface area contributed by atoms with E-state index in [1.807, 2.05) is 79.7 Å². The van der Waals surface area contributed by atoms with Crippen molar-refractivity contribution < 1.29 is 4.79 Å². The molecule has 170 valence electrons. The molecule has 2 heterocycles. The predicted octanol–water partition coefficient (Wildman–Crippen LogP) is 5.67. The first-order valence-corrected chi connectivity index (χ1v) is 11.5. The fraction of sp³-hybridized carbons (Fsp3) is 0.148. The number of hydrogen-bond donors (Lipinski definition) is 3. The second-order valence-electron chi connectivity index (χ2n) is 8.26. The summed E-state index contributed by atoms with van der Waals surface area (Å²) in [6, 6.07) is 23.1. The summed E-state index contributed by atoms with van der Waals surface area (Å²) in [5.74, 6) is 1.48. The van der Waals surface area contributed by atoms with E-state index in [2.05, 4.69) is 25.5 Å². The number of aromatic nitrogens is 4. The van der Waals surface area contributed by atoms with E-state index < -0.39 is 6.04 Å². The van der Waals surface area contributed by atoms with Crippen LogP contribution in [-0.2, 0) is 6.42 Å². The van der Waals surface area contributed by atoms with E-state index in [4.69, 9.17) is 11.6 Å². The maximum absolute atomic E-state index is 13.7. The molecule has 0 saturated carbocycles. The molecule has 2 aromatic heterocycles. The van der Waals surface area contributed by atoms with Crippen LogP contribution in [0.3, 0.4) is 0 Å². The first kappa shape index (κ1) is 22.1. The number of aromatic amines is 2. The average Bonchev–Trinajstić information content (AvgIpc) is 3.49. The van der Waals surface area contributed by atoms with Gasteiger partial charge in [0.05, 0.1) is 6.04 Å². The zero-order chi connectivity index (χ0) is 23.5. The Morgan fingerprint density at radius 1 is 1.03 bits per heavy atom. The monoisotopic (exact) mass is 469 g/mol. The molecule has 6 nitrogen and oxygen atoms in total. The number of rotatable bonds is 8. The van der Waals surface area contributed by atoms with Crippen molar-refractivity contribution in [1.29, 1.82) is 0 Å². The molecule has 3 aromatic carbocycles. The Kier molecular flexibility index (Phi) is 6.25. The van der Waals surface area contributed by atoms with E-state index >= 15 is 0 Å². The highest BCUT2D eigenvalue weighted by Crippen LogP contribution is 2.28. The Morgan fingerprint density at radius 2 is 1.82 bits per heavy atom. The lowest BCUT2D eigenvalue weighted by atomic mass is 9.96. The number of hydrogen-bond acceptors (Lipinski definition) is 4. The Morgan fingerprint density at radius 3 is 2.56 bits per heavy atom. The first-order chi connectivity index (χ1) is 16.6. The van der Waals surface area contributed by atoms with Crippen molar-refractivity contribution in [3.63, 3.8) is 0 Å². The van der Waals surface area contributed by atoms with Gasteiger partial charge >= 0.3 is 0 Å². The SMILES string of the molecule is Cc1nnc(-c2ccc3c(C(=O)[C@H](NCCc4ccc(Cl)cc4)c4ccccc4)c[nH]c3c2)[nH]1. The molecule has 5 rings (SSSR count). The van der Waals surface area contributed by atoms with Crippen molar-refractivity contribution in [1.82, 2.24) is 25.5 Å². The largest absolute Gasteiger partial charge is 0.360 e. The van der Waals surface area contributed by atoms with E-state index in [0.29, 0.717) is 17.9 Å². The minimum atomic E-state index is -0.455. The second kappa shape index (κ2) is 9.63. The molecule has 0 radical (unpaired) electrons. The molecular formula is C27H24ClN5O. The van der Waals surface area contributed by atoms with E-state index in [0.717, 1.165) is 39.3 Å². The van der Waals surface area contributed by atoms with Gasteiger partial charge in [-0.1, -0.05) is 66.2 Å². The topological polar surface area (TPSA) is 86.5 Å². The van der Waals surface area contributed by atoms with Crippen molar-refractivity contribution in [3.05, 3.63) is 107 Å². The zero-order valence-corrected chi connectivity index (χ0v) is 19.4. The van der Waals surface area contributed by atoms with Crippen LogP contribution in [0.2, 0.25) is 5.02 Å². The molecule has 0 aliphatic heterocycles. The van der Waals surface area contributed by atoms with Gasteiger partial charge in [0.25, 0.3) is 0 Å². The molecule has 34 heavy (non-hydrogen) atoms. The van der Waals surface area contributed by atoms with Gasteiger partial charge in [0.2, 0.25) is 0 Å². The summed E-state index contributed by atoms with van der Waals surface area (Å²) in [4.78, 5) is 20.1. The van der Waals surface area contributed by atoms with Gasteiger partial charge in [0.1, 0.15) is 5.82 Å². The van der Waals surface area contributed by atoms with Gasteiger partial charge in [-0.25, -0.2) is 0 Å². The molecule has 0 aliphatic carbocycles. The van der Waals surface area contributed by atoms with Gasteiger partial charge in [-0.3, -0.25) is 4.79 Å². The van der Waals surface area contributed by atoms with Crippen molar-refractivity contribution in [2.45, 2.75) is 19.4 Å². The molecule has 0 saturated heterocycles. The van der Waals surface area contributed by atoms with Crippen LogP contribution in [0.15, 0.2) is 79.0 Å². The molecule has 0 spiro atoms. The number of benzene rings is 3. The van der Waals surface area contributed by atoms with Gasteiger partial charge < -0.3 is 15.3 Å². The van der Waals surface area contributed by atoms with Crippen LogP contribution in [0.5, 0.6) is 0 Å². The summed E-state index contributed by atoms with van der Waals surface area (Å²) < 4.78 is 0. The summed E-state index contributed by atoms with van der Waals surface area (Å²) in [7, 11) is 0. The Balaban J connectivity index is 1.40. The number of carbonyl (C=O) groups excluding carboxylic acids is 1. The molecule has 7 heteroatoms. The third-order valence-corrected chi connectivity index (χ3v) is 6.14. The maximum atomic E-state index is 13.7. The van der Waals surface area contributed by atoms with Gasteiger partial charge in [0.15, 0.2) is 11.6 Å². The Labute approximate surface area is 202 Å². The van der Waals surface area contributed by atoms with Gasteiger partial charge in [-0.15, -0.1) is 10.2 Å². The van der Waals surface area contributed by atoms with Crippen LogP contribution in [0, 0.1) is 6.92 Å². The number of nitrogens with zero attached hydrogens (tertiary/aromatic N) is 2. The number of nitrogens with one attached hydrogen (secondary N) is 3. The highest BCUT2D eigenvalue weighted by Gasteiger charge is 2.24. The third kappa shape index (κ3) is 4.64. The zero-order valence-electron chi connectivity index (χ0n) is 18.7. The first-order valence-electron chi connectivity index (χ1n) is 11.2. The van der Waals surface area contributed by atoms with Crippen LogP contribution >= 0.6 is 11.6 Å². The minimum absolute atomic E-state index is 0.0248. The van der Waals surface area contributed by atoms with E-state index in [1.165, 1.54) is 5.56 Å². The van der Waals surface area contributed by atoms with Crippen molar-refractivity contribution >= 4 is 28.3 Å². The summed E-state index contributed by atoms with van der Waals surface area (Å²) in [5.41, 5.74) is 4.55. The number of aryl methyl sites for hydroxylation is 1. The third-order valence-electron chi connectivity index (χ3n) is 5.89. The number of halogens is 1. The quantitative estimate of drug-likeness (QED) is 0.255. The summed E-state index contributed by atoms with van der Waals surface area (Å²) >= 11 is 6.00. The van der Waals surface area contributed by atoms with Gasteiger partial charge in [-0.2, -0.15) is 0 Å². The normalized spacial score (nSPS) is 12.2. The molecule has 3 N–H and O–H groups in total. The average molecular weight is 470 g/mol. The predicted molar refractivity (Wildman–Crippen MR) is 135 cm³/mol. The summed E-state index contributed by atoms with van der Waals surface area (Å²) in [6.07, 6.45) is 2.58. The lowest BCUT2D eigenvalue weighted by Crippen LogP contribution is -2.30. The molecule has 0 amide bonds. The van der Waals surface area contributed by atoms with Crippen LogP contribution in [0.1, 0.15) is 33.4 Å². The van der Waals surface area contributed by atoms with Crippen LogP contribution in [0.25, 0.3) is 22.3 Å². The van der Waals surface area contributed by atoms with E-state index in [1.54, 1.807) is 6.20 Å². The smallest absolute Gasteiger partial charge is 0.186 e. The highest BCUT2D eigenvalue weighted by molar-refractivity contribution is 6.30. The summed E-state index contributed by atoms with van der Waals surface area (Å²) in [5, 5.41) is 13.3. The number of Topliss-reactive ketones (excluding diaryl/α,β-unsaturated/α-hetero) is 1. The fourth-order valence-electron chi connectivity index (χ4n) is 4.13. The van der Waals surface area contributed by atoms with E-state index in [9.17, 15) is 4.79 Å². The minimum Gasteiger partial charge on any atom is -0.360 e. The molecule has 0 fully saturated rings. The molecule has 0 unspecified atom stereocenters. The van der Waals surface area contributed by atoms with Crippen LogP contribution in [-0.4, -0.2) is 32.5 Å². The fourth-order valence-corrected chi connectivity index (χ4v) is 4.25. The Hall–Kier alpha value is -3.74. The lowest BCUT2D eigenvalue weighted by molar-refractivity contribution is 0.0945. The number of ketones is 1. The van der Waals surface area contributed by atoms with Crippen LogP contribution in [0.4, 0.5) is 0 Å². The molecule has 0 aliphatic rings. The highest BCUT2D eigenvalue weighted by atomic mass is 35.5. The van der Waals surface area contributed by atoms with Crippen LogP contribution < -0.4 is 5.32 Å². The summed E-state index contributed by atoms with van der Waals surface area (Å²) in [6.45, 7) is 2.52. The maximum Gasteiger partial charge on any atom is 0.186 e. The Bertz CT molecular complexity index is 1420. The molecule has 1 atom stereocenters. The second-order valence-corrected chi connectivity index (χ2v) is 8.70. The molecule has 5 aromatic rings. The van der Waals surface area contributed by atoms with Gasteiger partial charge in [0, 0.05) is 39.8 Å². The van der Waals surface area contributed by atoms with Gasteiger partial charge in [-0.05, 0) is 42.7 Å². The molecular weight excluding hydrogens is 446 g/mol. The molecule has 0 bridgehead atoms. The van der Waals surface area contributed by atoms with E-state index in [-0.39, 0.29) is 5.78 Å². The van der Waals surface area contributed by atoms with Crippen molar-refractivity contribution in [2.75, 3.05) is 6.54 Å².